The van der Waals surface area contributed by atoms with Gasteiger partial charge in [0.2, 0.25) is 0 Å². The summed E-state index contributed by atoms with van der Waals surface area (Å²) >= 11 is 0. The average molecular weight is 131 g/mol. The summed E-state index contributed by atoms with van der Waals surface area (Å²) in [6.45, 7) is 2.14. The van der Waals surface area contributed by atoms with Crippen LogP contribution < -0.4 is 0 Å². The van der Waals surface area contributed by atoms with Gasteiger partial charge in [0, 0.05) is 0 Å². The molecule has 0 spiro atoms. The van der Waals surface area contributed by atoms with Crippen LogP contribution in [0.25, 0.3) is 0 Å². The van der Waals surface area contributed by atoms with Gasteiger partial charge in [0.25, 0.3) is 5.91 Å². The molecule has 1 fully saturated rings. The molecule has 0 aromatic carbocycles. The molecular weight excluding hydrogens is 122 g/mol. The molecule has 1 heterocycles. The van der Waals surface area contributed by atoms with Crippen LogP contribution in [0.5, 0.6) is 0 Å². The van der Waals surface area contributed by atoms with Crippen molar-refractivity contribution in [2.75, 3.05) is 13.2 Å². The zero-order valence-electron chi connectivity index (χ0n) is 5.20. The molecule has 1 atom stereocenters. The van der Waals surface area contributed by atoms with E-state index in [1.165, 1.54) is 0 Å². The molecule has 0 aliphatic carbocycles. The summed E-state index contributed by atoms with van der Waals surface area (Å²) in [5.74, 6) is -0.367. The molecular formula is C5H9NO3. The van der Waals surface area contributed by atoms with Gasteiger partial charge in [-0.2, -0.15) is 0 Å². The molecule has 4 heteroatoms. The van der Waals surface area contributed by atoms with E-state index in [-0.39, 0.29) is 18.6 Å². The van der Waals surface area contributed by atoms with E-state index >= 15 is 0 Å². The van der Waals surface area contributed by atoms with E-state index in [9.17, 15) is 4.79 Å². The highest BCUT2D eigenvalue weighted by Gasteiger charge is 2.22. The number of hydroxylamine groups is 2. The van der Waals surface area contributed by atoms with Gasteiger partial charge in [-0.1, -0.05) is 0 Å². The highest BCUT2D eigenvalue weighted by molar-refractivity contribution is 5.77. The molecule has 0 aromatic heterocycles. The van der Waals surface area contributed by atoms with Crippen LogP contribution in [0.3, 0.4) is 0 Å². The lowest BCUT2D eigenvalue weighted by atomic mass is 10.3. The summed E-state index contributed by atoms with van der Waals surface area (Å²) < 4.78 is 4.81. The Morgan fingerprint density at radius 2 is 2.56 bits per heavy atom. The first-order chi connectivity index (χ1) is 4.22. The number of hydrogen-bond acceptors (Lipinski definition) is 3. The van der Waals surface area contributed by atoms with Crippen molar-refractivity contribution in [3.05, 3.63) is 0 Å². The molecule has 4 nitrogen and oxygen atoms in total. The summed E-state index contributed by atoms with van der Waals surface area (Å²) in [7, 11) is 0. The Morgan fingerprint density at radius 3 is 3.00 bits per heavy atom. The number of morpholine rings is 1. The van der Waals surface area contributed by atoms with Gasteiger partial charge in [-0.05, 0) is 6.92 Å². The third-order valence-corrected chi connectivity index (χ3v) is 1.26. The van der Waals surface area contributed by atoms with E-state index in [0.717, 1.165) is 0 Å². The summed E-state index contributed by atoms with van der Waals surface area (Å²) in [6.07, 6.45) is 0. The maximum absolute atomic E-state index is 10.6. The van der Waals surface area contributed by atoms with Crippen molar-refractivity contribution in [1.29, 1.82) is 0 Å². The third kappa shape index (κ3) is 1.20. The van der Waals surface area contributed by atoms with Crippen LogP contribution in [0.15, 0.2) is 0 Å². The van der Waals surface area contributed by atoms with Crippen molar-refractivity contribution in [3.8, 4) is 0 Å². The number of rotatable bonds is 0. The van der Waals surface area contributed by atoms with Crippen molar-refractivity contribution in [2.24, 2.45) is 0 Å². The first-order valence-electron chi connectivity index (χ1n) is 2.80. The van der Waals surface area contributed by atoms with Crippen molar-refractivity contribution in [2.45, 2.75) is 13.0 Å². The smallest absolute Gasteiger partial charge is 0.272 e. The van der Waals surface area contributed by atoms with Gasteiger partial charge in [0.1, 0.15) is 6.61 Å². The van der Waals surface area contributed by atoms with Crippen molar-refractivity contribution in [3.63, 3.8) is 0 Å². The molecule has 1 aliphatic rings. The van der Waals surface area contributed by atoms with Gasteiger partial charge in [0.15, 0.2) is 0 Å². The van der Waals surface area contributed by atoms with E-state index in [1.807, 2.05) is 0 Å². The SMILES string of the molecule is CC1COCC(=O)N1O. The lowest BCUT2D eigenvalue weighted by molar-refractivity contribution is -0.197. The van der Waals surface area contributed by atoms with E-state index < -0.39 is 0 Å². The monoisotopic (exact) mass is 131 g/mol. The number of ether oxygens (including phenoxy) is 1. The number of nitrogens with zero attached hydrogens (tertiary/aromatic N) is 1. The van der Waals surface area contributed by atoms with Gasteiger partial charge in [-0.3, -0.25) is 10.0 Å². The fourth-order valence-corrected chi connectivity index (χ4v) is 0.699. The fraction of sp³-hybridized carbons (Fsp3) is 0.800. The molecule has 1 saturated heterocycles. The number of amides is 1. The van der Waals surface area contributed by atoms with Crippen LogP contribution in [0.4, 0.5) is 0 Å². The molecule has 0 bridgehead atoms. The number of carbonyl (C=O) groups excluding carboxylic acids is 1. The van der Waals surface area contributed by atoms with Crippen LogP contribution in [0, 0.1) is 0 Å². The second-order valence-corrected chi connectivity index (χ2v) is 2.10. The van der Waals surface area contributed by atoms with Crippen LogP contribution in [0.2, 0.25) is 0 Å². The van der Waals surface area contributed by atoms with E-state index in [4.69, 9.17) is 9.94 Å². The molecule has 0 radical (unpaired) electrons. The molecule has 1 unspecified atom stereocenters. The minimum atomic E-state index is -0.367. The Balaban J connectivity index is 2.51. The minimum absolute atomic E-state index is 0.000833. The maximum atomic E-state index is 10.6. The van der Waals surface area contributed by atoms with E-state index in [0.29, 0.717) is 11.7 Å². The van der Waals surface area contributed by atoms with E-state index in [1.54, 1.807) is 6.92 Å². The molecule has 9 heavy (non-hydrogen) atoms. The van der Waals surface area contributed by atoms with Crippen LogP contribution in [-0.4, -0.2) is 35.4 Å². The van der Waals surface area contributed by atoms with E-state index in [2.05, 4.69) is 0 Å². The molecule has 1 amide bonds. The number of hydrogen-bond donors (Lipinski definition) is 1. The maximum Gasteiger partial charge on any atom is 0.272 e. The Kier molecular flexibility index (Phi) is 1.68. The highest BCUT2D eigenvalue weighted by Crippen LogP contribution is 2.02. The molecule has 0 saturated carbocycles. The normalized spacial score (nSPS) is 28.9. The first-order valence-corrected chi connectivity index (χ1v) is 2.80. The fourth-order valence-electron chi connectivity index (χ4n) is 0.699. The predicted octanol–water partition coefficient (Wildman–Crippen LogP) is -0.377. The topological polar surface area (TPSA) is 49.8 Å². The molecule has 1 aliphatic heterocycles. The quantitative estimate of drug-likeness (QED) is 0.456. The van der Waals surface area contributed by atoms with Crippen LogP contribution in [-0.2, 0) is 9.53 Å². The summed E-state index contributed by atoms with van der Waals surface area (Å²) in [5.41, 5.74) is 0. The van der Waals surface area contributed by atoms with Crippen LogP contribution in [0.1, 0.15) is 6.92 Å². The third-order valence-electron chi connectivity index (χ3n) is 1.26. The molecule has 1 N–H and O–H groups in total. The summed E-state index contributed by atoms with van der Waals surface area (Å²) in [4.78, 5) is 10.6. The highest BCUT2D eigenvalue weighted by atomic mass is 16.5. The summed E-state index contributed by atoms with van der Waals surface area (Å²) in [6, 6.07) is -0.203. The van der Waals surface area contributed by atoms with Gasteiger partial charge in [-0.25, -0.2) is 5.06 Å². The lowest BCUT2D eigenvalue weighted by Gasteiger charge is -2.26. The van der Waals surface area contributed by atoms with Gasteiger partial charge in [0.05, 0.1) is 12.6 Å². The molecule has 52 valence electrons. The van der Waals surface area contributed by atoms with Gasteiger partial charge >= 0.3 is 0 Å². The van der Waals surface area contributed by atoms with Crippen LogP contribution >= 0.6 is 0 Å². The molecule has 0 aromatic rings. The lowest BCUT2D eigenvalue weighted by Crippen LogP contribution is -2.45. The van der Waals surface area contributed by atoms with Crippen molar-refractivity contribution in [1.82, 2.24) is 5.06 Å². The van der Waals surface area contributed by atoms with Gasteiger partial charge < -0.3 is 4.74 Å². The van der Waals surface area contributed by atoms with Gasteiger partial charge in [-0.15, -0.1) is 0 Å². The second kappa shape index (κ2) is 2.33. The second-order valence-electron chi connectivity index (χ2n) is 2.10. The first kappa shape index (κ1) is 6.51. The minimum Gasteiger partial charge on any atom is -0.369 e. The average Bonchev–Trinajstić information content (AvgIpc) is 1.83. The number of carbonyl (C=O) groups is 1. The van der Waals surface area contributed by atoms with Crippen molar-refractivity contribution < 1.29 is 14.7 Å². The Labute approximate surface area is 53.0 Å². The standard InChI is InChI=1S/C5H9NO3/c1-4-2-9-3-5(7)6(4)8/h4,8H,2-3H2,1H3. The van der Waals surface area contributed by atoms with Crippen molar-refractivity contribution >= 4 is 5.91 Å². The zero-order chi connectivity index (χ0) is 6.85. The predicted molar refractivity (Wildman–Crippen MR) is 28.9 cm³/mol. The Hall–Kier alpha value is -0.610. The largest absolute Gasteiger partial charge is 0.369 e. The zero-order valence-corrected chi connectivity index (χ0v) is 5.20. The molecule has 1 rings (SSSR count). The Bertz CT molecular complexity index is 125. The summed E-state index contributed by atoms with van der Waals surface area (Å²) in [5, 5.41) is 9.56. The Morgan fingerprint density at radius 1 is 1.89 bits per heavy atom.